The van der Waals surface area contributed by atoms with Crippen LogP contribution in [0.1, 0.15) is 33.1 Å². The van der Waals surface area contributed by atoms with Crippen molar-refractivity contribution in [2.45, 2.75) is 45.2 Å². The van der Waals surface area contributed by atoms with E-state index < -0.39 is 0 Å². The van der Waals surface area contributed by atoms with Gasteiger partial charge in [0, 0.05) is 18.5 Å². The van der Waals surface area contributed by atoms with Crippen LogP contribution in [0.15, 0.2) is 5.16 Å². The zero-order valence-electron chi connectivity index (χ0n) is 10.9. The van der Waals surface area contributed by atoms with Crippen LogP contribution in [0.4, 0.5) is 0 Å². The van der Waals surface area contributed by atoms with Gasteiger partial charge in [0.15, 0.2) is 0 Å². The van der Waals surface area contributed by atoms with Crippen LogP contribution in [-0.4, -0.2) is 48.7 Å². The lowest BCUT2D eigenvalue weighted by molar-refractivity contribution is 0.313. The van der Waals surface area contributed by atoms with Gasteiger partial charge in [-0.15, -0.1) is 0 Å². The van der Waals surface area contributed by atoms with Crippen LogP contribution in [0.5, 0.6) is 0 Å². The Morgan fingerprint density at radius 3 is 2.56 bits per heavy atom. The Balaban J connectivity index is 3.92. The number of rotatable bonds is 8. The van der Waals surface area contributed by atoms with E-state index in [0.29, 0.717) is 18.3 Å². The van der Waals surface area contributed by atoms with Crippen LogP contribution >= 0.6 is 0 Å². The van der Waals surface area contributed by atoms with Crippen molar-refractivity contribution in [2.24, 2.45) is 10.9 Å². The van der Waals surface area contributed by atoms with Gasteiger partial charge in [0.2, 0.25) is 0 Å². The third-order valence-electron chi connectivity index (χ3n) is 2.61. The average Bonchev–Trinajstić information content (AvgIpc) is 2.25. The Labute approximate surface area is 98.7 Å². The van der Waals surface area contributed by atoms with E-state index in [2.05, 4.69) is 43.3 Å². The molecule has 0 saturated heterocycles. The SMILES string of the molecule is CCC(CC(N)=NO)NC(C)CCN(C)C. The third-order valence-corrected chi connectivity index (χ3v) is 2.61. The molecule has 96 valence electrons. The molecule has 16 heavy (non-hydrogen) atoms. The van der Waals surface area contributed by atoms with Crippen molar-refractivity contribution in [3.63, 3.8) is 0 Å². The maximum atomic E-state index is 8.52. The van der Waals surface area contributed by atoms with Gasteiger partial charge in [-0.05, 0) is 40.4 Å². The van der Waals surface area contributed by atoms with Crippen LogP contribution < -0.4 is 11.1 Å². The lowest BCUT2D eigenvalue weighted by Gasteiger charge is -2.23. The summed E-state index contributed by atoms with van der Waals surface area (Å²) in [6.07, 6.45) is 2.67. The lowest BCUT2D eigenvalue weighted by atomic mass is 10.1. The Kier molecular flexibility index (Phi) is 7.93. The van der Waals surface area contributed by atoms with Gasteiger partial charge in [0.05, 0.1) is 0 Å². The van der Waals surface area contributed by atoms with Crippen LogP contribution in [0, 0.1) is 0 Å². The highest BCUT2D eigenvalue weighted by atomic mass is 16.4. The van der Waals surface area contributed by atoms with Crippen LogP contribution in [0.2, 0.25) is 0 Å². The predicted molar refractivity (Wildman–Crippen MR) is 67.9 cm³/mol. The maximum Gasteiger partial charge on any atom is 0.140 e. The normalized spacial score (nSPS) is 16.4. The first-order chi connectivity index (χ1) is 7.49. The average molecular weight is 230 g/mol. The molecule has 0 amide bonds. The fraction of sp³-hybridized carbons (Fsp3) is 0.909. The molecule has 2 atom stereocenters. The summed E-state index contributed by atoms with van der Waals surface area (Å²) in [5.74, 6) is 0.291. The van der Waals surface area contributed by atoms with Crippen molar-refractivity contribution in [1.29, 1.82) is 0 Å². The van der Waals surface area contributed by atoms with Crippen molar-refractivity contribution in [3.8, 4) is 0 Å². The van der Waals surface area contributed by atoms with Crippen LogP contribution in [-0.2, 0) is 0 Å². The van der Waals surface area contributed by atoms with Gasteiger partial charge in [0.25, 0.3) is 0 Å². The number of nitrogens with two attached hydrogens (primary N) is 1. The number of amidine groups is 1. The fourth-order valence-corrected chi connectivity index (χ4v) is 1.55. The number of hydrogen-bond donors (Lipinski definition) is 3. The Morgan fingerprint density at radius 1 is 1.50 bits per heavy atom. The van der Waals surface area contributed by atoms with Gasteiger partial charge < -0.3 is 21.2 Å². The highest BCUT2D eigenvalue weighted by molar-refractivity contribution is 5.80. The van der Waals surface area contributed by atoms with Gasteiger partial charge in [-0.25, -0.2) is 0 Å². The van der Waals surface area contributed by atoms with Crippen LogP contribution in [0.3, 0.4) is 0 Å². The lowest BCUT2D eigenvalue weighted by Crippen LogP contribution is -2.40. The van der Waals surface area contributed by atoms with Crippen molar-refractivity contribution in [2.75, 3.05) is 20.6 Å². The van der Waals surface area contributed by atoms with E-state index >= 15 is 0 Å². The minimum atomic E-state index is 0.285. The molecular weight excluding hydrogens is 204 g/mol. The highest BCUT2D eigenvalue weighted by Gasteiger charge is 2.12. The number of oxime groups is 1. The Morgan fingerprint density at radius 2 is 2.12 bits per heavy atom. The summed E-state index contributed by atoms with van der Waals surface area (Å²) >= 11 is 0. The van der Waals surface area contributed by atoms with Crippen LogP contribution in [0.25, 0.3) is 0 Å². The molecule has 0 fully saturated rings. The van der Waals surface area contributed by atoms with Gasteiger partial charge >= 0.3 is 0 Å². The molecule has 0 rings (SSSR count). The molecule has 5 heteroatoms. The van der Waals surface area contributed by atoms with Crippen molar-refractivity contribution >= 4 is 5.84 Å². The van der Waals surface area contributed by atoms with E-state index in [4.69, 9.17) is 10.9 Å². The predicted octanol–water partition coefficient (Wildman–Crippen LogP) is 0.831. The monoisotopic (exact) mass is 230 g/mol. The molecule has 0 aliphatic rings. The molecule has 0 aromatic carbocycles. The molecule has 0 spiro atoms. The summed E-state index contributed by atoms with van der Waals surface area (Å²) in [5, 5.41) is 15.0. The first-order valence-corrected chi connectivity index (χ1v) is 5.86. The van der Waals surface area contributed by atoms with E-state index in [0.717, 1.165) is 19.4 Å². The number of nitrogens with zero attached hydrogens (tertiary/aromatic N) is 2. The Hall–Kier alpha value is -0.810. The summed E-state index contributed by atoms with van der Waals surface area (Å²) < 4.78 is 0. The quantitative estimate of drug-likeness (QED) is 0.250. The molecule has 0 heterocycles. The first-order valence-electron chi connectivity index (χ1n) is 5.86. The number of hydrogen-bond acceptors (Lipinski definition) is 4. The zero-order valence-corrected chi connectivity index (χ0v) is 10.9. The number of nitrogens with one attached hydrogen (secondary N) is 1. The fourth-order valence-electron chi connectivity index (χ4n) is 1.55. The molecule has 0 radical (unpaired) electrons. The van der Waals surface area contributed by atoms with E-state index in [1.807, 2.05) is 0 Å². The molecule has 0 aliphatic heterocycles. The highest BCUT2D eigenvalue weighted by Crippen LogP contribution is 2.02. The Bertz CT molecular complexity index is 206. The standard InChI is InChI=1S/C11H26N4O/c1-5-10(8-11(12)14-16)13-9(2)6-7-15(3)4/h9-10,13,16H,5-8H2,1-4H3,(H2,12,14). The first kappa shape index (κ1) is 15.2. The molecule has 0 saturated carbocycles. The summed E-state index contributed by atoms with van der Waals surface area (Å²) in [6.45, 7) is 5.33. The smallest absolute Gasteiger partial charge is 0.140 e. The summed E-state index contributed by atoms with van der Waals surface area (Å²) in [5.41, 5.74) is 5.50. The van der Waals surface area contributed by atoms with E-state index in [9.17, 15) is 0 Å². The van der Waals surface area contributed by atoms with Crippen molar-refractivity contribution < 1.29 is 5.21 Å². The minimum Gasteiger partial charge on any atom is -0.409 e. The second-order valence-electron chi connectivity index (χ2n) is 4.56. The van der Waals surface area contributed by atoms with E-state index in [1.54, 1.807) is 0 Å². The molecule has 0 aromatic heterocycles. The minimum absolute atomic E-state index is 0.285. The van der Waals surface area contributed by atoms with Crippen molar-refractivity contribution in [3.05, 3.63) is 0 Å². The topological polar surface area (TPSA) is 73.9 Å². The molecule has 0 aromatic rings. The third kappa shape index (κ3) is 7.48. The molecule has 0 aliphatic carbocycles. The molecule has 4 N–H and O–H groups in total. The van der Waals surface area contributed by atoms with Gasteiger partial charge in [-0.2, -0.15) is 0 Å². The second kappa shape index (κ2) is 8.35. The molecule has 5 nitrogen and oxygen atoms in total. The summed E-state index contributed by atoms with van der Waals surface area (Å²) in [4.78, 5) is 2.17. The summed E-state index contributed by atoms with van der Waals surface area (Å²) in [6, 6.07) is 0.729. The van der Waals surface area contributed by atoms with E-state index in [-0.39, 0.29) is 6.04 Å². The zero-order chi connectivity index (χ0) is 12.6. The van der Waals surface area contributed by atoms with E-state index in [1.165, 1.54) is 0 Å². The van der Waals surface area contributed by atoms with Crippen molar-refractivity contribution in [1.82, 2.24) is 10.2 Å². The summed E-state index contributed by atoms with van der Waals surface area (Å²) in [7, 11) is 4.14. The maximum absolute atomic E-state index is 8.52. The molecule has 2 unspecified atom stereocenters. The second-order valence-corrected chi connectivity index (χ2v) is 4.56. The van der Waals surface area contributed by atoms with Gasteiger partial charge in [-0.1, -0.05) is 12.1 Å². The molecule has 0 bridgehead atoms. The van der Waals surface area contributed by atoms with Gasteiger partial charge in [0.1, 0.15) is 5.84 Å². The largest absolute Gasteiger partial charge is 0.409 e. The molecular formula is C11H26N4O. The van der Waals surface area contributed by atoms with Gasteiger partial charge in [-0.3, -0.25) is 0 Å².